The largest absolute Gasteiger partial charge is 0.379 e. The van der Waals surface area contributed by atoms with Crippen molar-refractivity contribution in [3.05, 3.63) is 52.5 Å². The summed E-state index contributed by atoms with van der Waals surface area (Å²) in [5, 5.41) is 6.80. The highest BCUT2D eigenvalue weighted by molar-refractivity contribution is 7.80. The molecule has 1 N–H and O–H groups in total. The Kier molecular flexibility index (Phi) is 7.32. The molecular formula is C21H28N2OS2. The summed E-state index contributed by atoms with van der Waals surface area (Å²) in [7, 11) is 1.81. The van der Waals surface area contributed by atoms with Gasteiger partial charge in [0, 0.05) is 36.6 Å². The van der Waals surface area contributed by atoms with Gasteiger partial charge < -0.3 is 10.1 Å². The Labute approximate surface area is 166 Å². The Morgan fingerprint density at radius 3 is 2.81 bits per heavy atom. The van der Waals surface area contributed by atoms with Gasteiger partial charge in [-0.15, -0.1) is 11.3 Å². The zero-order chi connectivity index (χ0) is 18.4. The van der Waals surface area contributed by atoms with Crippen LogP contribution >= 0.6 is 23.6 Å². The predicted octanol–water partition coefficient (Wildman–Crippen LogP) is 4.63. The van der Waals surface area contributed by atoms with E-state index in [4.69, 9.17) is 17.0 Å². The van der Waals surface area contributed by atoms with E-state index < -0.39 is 0 Å². The molecule has 0 unspecified atom stereocenters. The van der Waals surface area contributed by atoms with Crippen LogP contribution in [0.3, 0.4) is 0 Å². The molecule has 0 spiro atoms. The zero-order valence-electron chi connectivity index (χ0n) is 15.6. The minimum Gasteiger partial charge on any atom is -0.379 e. The fraction of sp³-hybridized carbons (Fsp3) is 0.524. The predicted molar refractivity (Wildman–Crippen MR) is 113 cm³/mol. The maximum absolute atomic E-state index is 5.89. The van der Waals surface area contributed by atoms with Crippen LogP contribution in [0.4, 0.5) is 0 Å². The number of hydrogen-bond acceptors (Lipinski definition) is 5. The van der Waals surface area contributed by atoms with Gasteiger partial charge in [-0.25, -0.2) is 4.98 Å². The molecule has 0 saturated carbocycles. The van der Waals surface area contributed by atoms with E-state index in [1.54, 1.807) is 11.3 Å². The first-order valence-electron chi connectivity index (χ1n) is 9.41. The van der Waals surface area contributed by atoms with Crippen molar-refractivity contribution in [1.29, 1.82) is 0 Å². The van der Waals surface area contributed by atoms with Crippen molar-refractivity contribution < 1.29 is 4.74 Å². The standard InChI is InChI=1S/C21H28N2OS2/c1-15(20(24-2)18-9-6-10-22-18)19(25)14-17(21-23-11-12-26-21)13-16-7-4-3-5-8-16/h3-5,7-8,11-12,15,17-18,20,22H,6,9-10,13-14H2,1-2H3/t15-,17+,18-,20+/m0/s1. The van der Waals surface area contributed by atoms with Crippen LogP contribution in [0.25, 0.3) is 0 Å². The zero-order valence-corrected chi connectivity index (χ0v) is 17.2. The number of ether oxygens (including phenoxy) is 1. The average Bonchev–Trinajstić information content (AvgIpc) is 3.37. The Bertz CT molecular complexity index is 669. The van der Waals surface area contributed by atoms with E-state index in [9.17, 15) is 0 Å². The third kappa shape index (κ3) is 4.97. The summed E-state index contributed by atoms with van der Waals surface area (Å²) < 4.78 is 5.84. The van der Waals surface area contributed by atoms with Gasteiger partial charge in [0.15, 0.2) is 0 Å². The first-order valence-corrected chi connectivity index (χ1v) is 10.7. The molecule has 1 aliphatic rings. The summed E-state index contributed by atoms with van der Waals surface area (Å²) in [6.45, 7) is 3.30. The van der Waals surface area contributed by atoms with E-state index in [-0.39, 0.29) is 12.0 Å². The lowest BCUT2D eigenvalue weighted by Crippen LogP contribution is -2.43. The van der Waals surface area contributed by atoms with E-state index in [0.717, 1.165) is 24.3 Å². The average molecular weight is 389 g/mol. The Morgan fingerprint density at radius 1 is 1.38 bits per heavy atom. The van der Waals surface area contributed by atoms with Crippen molar-refractivity contribution in [3.8, 4) is 0 Å². The smallest absolute Gasteiger partial charge is 0.0962 e. The van der Waals surface area contributed by atoms with Gasteiger partial charge in [-0.3, -0.25) is 0 Å². The van der Waals surface area contributed by atoms with Crippen molar-refractivity contribution in [3.63, 3.8) is 0 Å². The maximum atomic E-state index is 5.89. The van der Waals surface area contributed by atoms with Crippen molar-refractivity contribution in [2.45, 2.75) is 50.7 Å². The third-order valence-corrected chi connectivity index (χ3v) is 6.82. The molecule has 26 heavy (non-hydrogen) atoms. The van der Waals surface area contributed by atoms with Gasteiger partial charge in [-0.05, 0) is 42.7 Å². The summed E-state index contributed by atoms with van der Waals surface area (Å²) in [5.74, 6) is 0.588. The van der Waals surface area contributed by atoms with Crippen LogP contribution < -0.4 is 5.32 Å². The van der Waals surface area contributed by atoms with Crippen LogP contribution in [-0.2, 0) is 11.2 Å². The van der Waals surface area contributed by atoms with E-state index >= 15 is 0 Å². The van der Waals surface area contributed by atoms with Gasteiger partial charge in [-0.2, -0.15) is 0 Å². The molecule has 1 aromatic carbocycles. The molecule has 5 heteroatoms. The second-order valence-electron chi connectivity index (χ2n) is 7.12. The Hall–Kier alpha value is -1.14. The summed E-state index contributed by atoms with van der Waals surface area (Å²) in [6, 6.07) is 11.1. The summed E-state index contributed by atoms with van der Waals surface area (Å²) in [4.78, 5) is 5.68. The quantitative estimate of drug-likeness (QED) is 0.635. The number of nitrogens with zero attached hydrogens (tertiary/aromatic N) is 1. The molecule has 0 radical (unpaired) electrons. The molecular weight excluding hydrogens is 360 g/mol. The summed E-state index contributed by atoms with van der Waals surface area (Å²) in [5.41, 5.74) is 1.34. The number of rotatable bonds is 9. The van der Waals surface area contributed by atoms with Gasteiger partial charge in [-0.1, -0.05) is 49.5 Å². The van der Waals surface area contributed by atoms with Crippen LogP contribution in [0.2, 0.25) is 0 Å². The molecule has 1 aromatic heterocycles. The van der Waals surface area contributed by atoms with Crippen molar-refractivity contribution in [2.24, 2.45) is 5.92 Å². The summed E-state index contributed by atoms with van der Waals surface area (Å²) in [6.07, 6.45) is 6.29. The highest BCUT2D eigenvalue weighted by Crippen LogP contribution is 2.30. The van der Waals surface area contributed by atoms with E-state index in [1.165, 1.54) is 23.4 Å². The highest BCUT2D eigenvalue weighted by Gasteiger charge is 2.32. The van der Waals surface area contributed by atoms with Crippen LogP contribution in [0.15, 0.2) is 41.9 Å². The summed E-state index contributed by atoms with van der Waals surface area (Å²) >= 11 is 7.62. The number of methoxy groups -OCH3 is 1. The molecule has 1 aliphatic heterocycles. The third-order valence-electron chi connectivity index (χ3n) is 5.34. The molecule has 0 amide bonds. The normalized spacial score (nSPS) is 20.6. The number of benzene rings is 1. The maximum Gasteiger partial charge on any atom is 0.0962 e. The molecule has 0 aliphatic carbocycles. The molecule has 4 atom stereocenters. The molecule has 2 aromatic rings. The fourth-order valence-electron chi connectivity index (χ4n) is 3.90. The van der Waals surface area contributed by atoms with Crippen molar-refractivity contribution in [1.82, 2.24) is 10.3 Å². The minimum atomic E-state index is 0.152. The lowest BCUT2D eigenvalue weighted by atomic mass is 9.87. The van der Waals surface area contributed by atoms with Crippen LogP contribution in [0.1, 0.15) is 42.7 Å². The van der Waals surface area contributed by atoms with Gasteiger partial charge in [0.25, 0.3) is 0 Å². The van der Waals surface area contributed by atoms with Gasteiger partial charge in [0.1, 0.15) is 0 Å². The van der Waals surface area contributed by atoms with E-state index in [0.29, 0.717) is 12.0 Å². The second-order valence-corrected chi connectivity index (χ2v) is 8.57. The van der Waals surface area contributed by atoms with Gasteiger partial charge in [0.05, 0.1) is 11.1 Å². The number of thiocarbonyl (C=S) groups is 1. The van der Waals surface area contributed by atoms with Crippen LogP contribution in [0.5, 0.6) is 0 Å². The highest BCUT2D eigenvalue weighted by atomic mass is 32.1. The van der Waals surface area contributed by atoms with Crippen LogP contribution in [0, 0.1) is 5.92 Å². The molecule has 1 saturated heterocycles. The number of aromatic nitrogens is 1. The lowest BCUT2D eigenvalue weighted by Gasteiger charge is -2.30. The van der Waals surface area contributed by atoms with E-state index in [2.05, 4.69) is 52.9 Å². The Balaban J connectivity index is 1.70. The van der Waals surface area contributed by atoms with Gasteiger partial charge in [0.2, 0.25) is 0 Å². The van der Waals surface area contributed by atoms with Gasteiger partial charge >= 0.3 is 0 Å². The second kappa shape index (κ2) is 9.70. The number of thiazole rings is 1. The van der Waals surface area contributed by atoms with Crippen LogP contribution in [-0.4, -0.2) is 35.6 Å². The first-order chi connectivity index (χ1) is 12.7. The van der Waals surface area contributed by atoms with Crippen molar-refractivity contribution >= 4 is 28.4 Å². The van der Waals surface area contributed by atoms with Crippen molar-refractivity contribution in [2.75, 3.05) is 13.7 Å². The lowest BCUT2D eigenvalue weighted by molar-refractivity contribution is 0.0528. The Morgan fingerprint density at radius 2 is 2.19 bits per heavy atom. The number of hydrogen-bond donors (Lipinski definition) is 1. The molecule has 0 bridgehead atoms. The topological polar surface area (TPSA) is 34.1 Å². The molecule has 140 valence electrons. The molecule has 2 heterocycles. The first kappa shape index (κ1) is 19.6. The fourth-order valence-corrected chi connectivity index (χ4v) is 4.98. The molecule has 3 nitrogen and oxygen atoms in total. The minimum absolute atomic E-state index is 0.152. The molecule has 1 fully saturated rings. The molecule has 3 rings (SSSR count). The van der Waals surface area contributed by atoms with E-state index in [1.807, 2.05) is 13.3 Å². The monoisotopic (exact) mass is 388 g/mol. The SMILES string of the molecule is CO[C@@H]([C@@H]1CCCN1)[C@@H](C)C(=S)C[C@@H](Cc1ccccc1)c1nccs1. The number of nitrogens with one attached hydrogen (secondary N) is 1.